The first-order chi connectivity index (χ1) is 8.72. The van der Waals surface area contributed by atoms with E-state index in [9.17, 15) is 9.59 Å². The zero-order chi connectivity index (χ0) is 15.4. The molecule has 0 saturated heterocycles. The summed E-state index contributed by atoms with van der Waals surface area (Å²) in [6, 6.07) is 0. The molecule has 0 heterocycles. The van der Waals surface area contributed by atoms with Crippen LogP contribution in [0.1, 0.15) is 33.6 Å². The molecule has 0 rings (SSSR count). The van der Waals surface area contributed by atoms with Gasteiger partial charge in [-0.25, -0.2) is 9.59 Å². The molecule has 0 aliphatic carbocycles. The summed E-state index contributed by atoms with van der Waals surface area (Å²) < 4.78 is 9.63. The Bertz CT molecular complexity index is 253. The van der Waals surface area contributed by atoms with Crippen LogP contribution >= 0.6 is 0 Å². The van der Waals surface area contributed by atoms with Crippen molar-refractivity contribution in [3.63, 3.8) is 0 Å². The van der Waals surface area contributed by atoms with Gasteiger partial charge in [-0.2, -0.15) is 0 Å². The molecular weight excluding hydrogens is 248 g/mol. The van der Waals surface area contributed by atoms with E-state index >= 15 is 0 Å². The molecule has 0 saturated carbocycles. The number of carbonyl (C=O) groups is 2. The van der Waals surface area contributed by atoms with Crippen LogP contribution in [0.25, 0.3) is 0 Å². The SMILES string of the molecule is CC(C)OC(=O)N(C)C.CCCCOC(=O)N(C)C. The van der Waals surface area contributed by atoms with Crippen molar-refractivity contribution >= 4 is 12.2 Å². The van der Waals surface area contributed by atoms with E-state index in [1.54, 1.807) is 28.2 Å². The Morgan fingerprint density at radius 2 is 1.47 bits per heavy atom. The molecule has 2 amide bonds. The van der Waals surface area contributed by atoms with Crippen molar-refractivity contribution in [1.29, 1.82) is 0 Å². The van der Waals surface area contributed by atoms with E-state index in [0.717, 1.165) is 12.8 Å². The van der Waals surface area contributed by atoms with Gasteiger partial charge in [0.05, 0.1) is 12.7 Å². The van der Waals surface area contributed by atoms with Gasteiger partial charge in [0, 0.05) is 28.2 Å². The zero-order valence-corrected chi connectivity index (χ0v) is 13.2. The van der Waals surface area contributed by atoms with Crippen molar-refractivity contribution in [3.8, 4) is 0 Å². The maximum atomic E-state index is 10.7. The van der Waals surface area contributed by atoms with E-state index in [2.05, 4.69) is 6.92 Å². The Hall–Kier alpha value is -1.46. The molecule has 0 atom stereocenters. The van der Waals surface area contributed by atoms with Gasteiger partial charge in [0.2, 0.25) is 0 Å². The Labute approximate surface area is 116 Å². The third kappa shape index (κ3) is 14.5. The number of rotatable bonds is 4. The third-order valence-electron chi connectivity index (χ3n) is 1.79. The van der Waals surface area contributed by atoms with E-state index in [4.69, 9.17) is 9.47 Å². The lowest BCUT2D eigenvalue weighted by Gasteiger charge is -2.12. The summed E-state index contributed by atoms with van der Waals surface area (Å²) >= 11 is 0. The Morgan fingerprint density at radius 3 is 1.74 bits per heavy atom. The molecule has 0 unspecified atom stereocenters. The molecule has 0 aromatic rings. The lowest BCUT2D eigenvalue weighted by Crippen LogP contribution is -2.25. The summed E-state index contributed by atoms with van der Waals surface area (Å²) in [6.45, 7) is 6.24. The fourth-order valence-corrected chi connectivity index (χ4v) is 0.740. The average molecular weight is 276 g/mol. The normalized spacial score (nSPS) is 9.26. The summed E-state index contributed by atoms with van der Waals surface area (Å²) in [5.74, 6) is 0. The minimum absolute atomic E-state index is 0.0279. The highest BCUT2D eigenvalue weighted by atomic mass is 16.6. The average Bonchev–Trinajstić information content (AvgIpc) is 2.28. The van der Waals surface area contributed by atoms with Crippen LogP contribution in [0.15, 0.2) is 0 Å². The molecular formula is C13H28N2O4. The maximum absolute atomic E-state index is 10.7. The topological polar surface area (TPSA) is 59.1 Å². The first-order valence-electron chi connectivity index (χ1n) is 6.44. The molecule has 0 fully saturated rings. The van der Waals surface area contributed by atoms with Crippen molar-refractivity contribution in [3.05, 3.63) is 0 Å². The quantitative estimate of drug-likeness (QED) is 0.740. The highest BCUT2D eigenvalue weighted by molar-refractivity contribution is 5.67. The van der Waals surface area contributed by atoms with Crippen LogP contribution < -0.4 is 0 Å². The first-order valence-corrected chi connectivity index (χ1v) is 6.44. The number of amides is 2. The molecule has 0 aromatic heterocycles. The largest absolute Gasteiger partial charge is 0.449 e. The Morgan fingerprint density at radius 1 is 1.00 bits per heavy atom. The van der Waals surface area contributed by atoms with Gasteiger partial charge in [0.25, 0.3) is 0 Å². The minimum Gasteiger partial charge on any atom is -0.449 e. The van der Waals surface area contributed by atoms with Crippen molar-refractivity contribution in [2.24, 2.45) is 0 Å². The molecule has 0 aliphatic heterocycles. The van der Waals surface area contributed by atoms with Crippen molar-refractivity contribution in [2.75, 3.05) is 34.8 Å². The van der Waals surface area contributed by atoms with E-state index < -0.39 is 0 Å². The fraction of sp³-hybridized carbons (Fsp3) is 0.846. The number of carbonyl (C=O) groups excluding carboxylic acids is 2. The van der Waals surface area contributed by atoms with Crippen LogP contribution in [0.5, 0.6) is 0 Å². The summed E-state index contributed by atoms with van der Waals surface area (Å²) in [4.78, 5) is 24.2. The highest BCUT2D eigenvalue weighted by Gasteiger charge is 2.05. The monoisotopic (exact) mass is 276 g/mol. The third-order valence-corrected chi connectivity index (χ3v) is 1.79. The molecule has 0 aliphatic rings. The number of hydrogen-bond acceptors (Lipinski definition) is 4. The second-order valence-corrected chi connectivity index (χ2v) is 4.69. The summed E-state index contributed by atoms with van der Waals surface area (Å²) in [5, 5.41) is 0. The van der Waals surface area contributed by atoms with E-state index in [0.29, 0.717) is 6.61 Å². The number of nitrogens with zero attached hydrogens (tertiary/aromatic N) is 2. The van der Waals surface area contributed by atoms with Gasteiger partial charge in [-0.15, -0.1) is 0 Å². The van der Waals surface area contributed by atoms with Gasteiger partial charge >= 0.3 is 12.2 Å². The summed E-state index contributed by atoms with van der Waals surface area (Å²) in [5.41, 5.74) is 0. The minimum atomic E-state index is -0.287. The van der Waals surface area contributed by atoms with Crippen LogP contribution in [0.2, 0.25) is 0 Å². The van der Waals surface area contributed by atoms with E-state index in [1.807, 2.05) is 13.8 Å². The van der Waals surface area contributed by atoms with Crippen molar-refractivity contribution < 1.29 is 19.1 Å². The summed E-state index contributed by atoms with van der Waals surface area (Å²) in [7, 11) is 6.66. The van der Waals surface area contributed by atoms with E-state index in [-0.39, 0.29) is 18.3 Å². The molecule has 0 aromatic carbocycles. The Kier molecular flexibility index (Phi) is 12.2. The molecule has 19 heavy (non-hydrogen) atoms. The molecule has 0 bridgehead atoms. The van der Waals surface area contributed by atoms with Gasteiger partial charge in [-0.1, -0.05) is 13.3 Å². The molecule has 6 heteroatoms. The van der Waals surface area contributed by atoms with Gasteiger partial charge < -0.3 is 19.3 Å². The van der Waals surface area contributed by atoms with Crippen LogP contribution in [-0.2, 0) is 9.47 Å². The van der Waals surface area contributed by atoms with Gasteiger partial charge in [0.15, 0.2) is 0 Å². The fourth-order valence-electron chi connectivity index (χ4n) is 0.740. The van der Waals surface area contributed by atoms with Crippen LogP contribution in [0, 0.1) is 0 Å². The second kappa shape index (κ2) is 11.6. The van der Waals surface area contributed by atoms with Crippen molar-refractivity contribution in [2.45, 2.75) is 39.7 Å². The van der Waals surface area contributed by atoms with Gasteiger partial charge in [0.1, 0.15) is 0 Å². The van der Waals surface area contributed by atoms with Crippen molar-refractivity contribution in [1.82, 2.24) is 9.80 Å². The number of ether oxygens (including phenoxy) is 2. The Balaban J connectivity index is 0. The zero-order valence-electron chi connectivity index (χ0n) is 13.2. The van der Waals surface area contributed by atoms with Gasteiger partial charge in [-0.3, -0.25) is 0 Å². The lowest BCUT2D eigenvalue weighted by atomic mass is 10.4. The first kappa shape index (κ1) is 19.9. The molecule has 6 nitrogen and oxygen atoms in total. The predicted octanol–water partition coefficient (Wildman–Crippen LogP) is 2.58. The molecule has 0 N–H and O–H groups in total. The van der Waals surface area contributed by atoms with Gasteiger partial charge in [-0.05, 0) is 20.3 Å². The smallest absolute Gasteiger partial charge is 0.409 e. The van der Waals surface area contributed by atoms with Crippen LogP contribution in [0.3, 0.4) is 0 Å². The summed E-state index contributed by atoms with van der Waals surface area (Å²) in [6.07, 6.45) is 1.43. The molecule has 0 radical (unpaired) electrons. The molecule has 114 valence electrons. The predicted molar refractivity (Wildman–Crippen MR) is 75.2 cm³/mol. The van der Waals surface area contributed by atoms with Crippen LogP contribution in [0.4, 0.5) is 9.59 Å². The maximum Gasteiger partial charge on any atom is 0.409 e. The second-order valence-electron chi connectivity index (χ2n) is 4.69. The highest BCUT2D eigenvalue weighted by Crippen LogP contribution is 1.92. The van der Waals surface area contributed by atoms with E-state index in [1.165, 1.54) is 9.80 Å². The molecule has 0 spiro atoms. The van der Waals surface area contributed by atoms with Crippen LogP contribution in [-0.4, -0.2) is 62.9 Å². The number of hydrogen-bond donors (Lipinski definition) is 0. The lowest BCUT2D eigenvalue weighted by molar-refractivity contribution is 0.0903. The number of unbranched alkanes of at least 4 members (excludes halogenated alkanes) is 1. The standard InChI is InChI=1S/C7H15NO2.C6H13NO2/c1-4-5-6-10-7(9)8(2)3;1-5(2)9-6(8)7(3)4/h4-6H2,1-3H3;5H,1-4H3.